The predicted octanol–water partition coefficient (Wildman–Crippen LogP) is 4.78. The van der Waals surface area contributed by atoms with Crippen molar-refractivity contribution in [1.82, 2.24) is 9.73 Å². The lowest BCUT2D eigenvalue weighted by Gasteiger charge is -2.22. The number of sulfonamides is 1. The van der Waals surface area contributed by atoms with Crippen molar-refractivity contribution in [2.75, 3.05) is 6.54 Å². The number of benzene rings is 3. The summed E-state index contributed by atoms with van der Waals surface area (Å²) in [5.41, 5.74) is 4.24. The summed E-state index contributed by atoms with van der Waals surface area (Å²) in [6.07, 6.45) is 1.33. The van der Waals surface area contributed by atoms with E-state index in [1.807, 2.05) is 6.92 Å². The second-order valence-electron chi connectivity index (χ2n) is 7.17. The lowest BCUT2D eigenvalue weighted by atomic mass is 10.2. The van der Waals surface area contributed by atoms with Crippen LogP contribution in [0.4, 0.5) is 4.39 Å². The highest BCUT2D eigenvalue weighted by Crippen LogP contribution is 2.25. The van der Waals surface area contributed by atoms with Crippen molar-refractivity contribution >= 4 is 45.3 Å². The smallest absolute Gasteiger partial charge is 0.255 e. The molecule has 0 atom stereocenters. The molecular weight excluding hydrogens is 488 g/mol. The van der Waals surface area contributed by atoms with E-state index in [-0.39, 0.29) is 16.5 Å². The van der Waals surface area contributed by atoms with Crippen LogP contribution in [0.15, 0.2) is 76.7 Å². The minimum atomic E-state index is -4.03. The summed E-state index contributed by atoms with van der Waals surface area (Å²) < 4.78 is 40.6. The second-order valence-corrected chi connectivity index (χ2v) is 9.95. The van der Waals surface area contributed by atoms with E-state index >= 15 is 0 Å². The van der Waals surface area contributed by atoms with Crippen LogP contribution in [0.3, 0.4) is 0 Å². The van der Waals surface area contributed by atoms with Gasteiger partial charge in [-0.3, -0.25) is 4.79 Å². The number of amides is 1. The van der Waals surface area contributed by atoms with E-state index in [0.29, 0.717) is 16.1 Å². The third kappa shape index (κ3) is 6.85. The van der Waals surface area contributed by atoms with Gasteiger partial charge >= 0.3 is 0 Å². The average Bonchev–Trinajstić information content (AvgIpc) is 2.76. The second kappa shape index (κ2) is 10.9. The summed E-state index contributed by atoms with van der Waals surface area (Å²) >= 11 is 12.2. The first kappa shape index (κ1) is 24.9. The van der Waals surface area contributed by atoms with Crippen LogP contribution in [-0.2, 0) is 21.4 Å². The summed E-state index contributed by atoms with van der Waals surface area (Å²) in [6.45, 7) is 1.19. The molecule has 0 fully saturated rings. The molecule has 10 heteroatoms. The third-order valence-electron chi connectivity index (χ3n) is 4.61. The van der Waals surface area contributed by atoms with E-state index < -0.39 is 28.3 Å². The van der Waals surface area contributed by atoms with E-state index in [1.54, 1.807) is 24.3 Å². The van der Waals surface area contributed by atoms with E-state index in [0.717, 1.165) is 9.87 Å². The third-order valence-corrected chi connectivity index (χ3v) is 7.01. The van der Waals surface area contributed by atoms with Crippen molar-refractivity contribution in [2.45, 2.75) is 18.4 Å². The van der Waals surface area contributed by atoms with Gasteiger partial charge in [0.15, 0.2) is 0 Å². The van der Waals surface area contributed by atoms with Crippen molar-refractivity contribution in [3.8, 4) is 0 Å². The quantitative estimate of drug-likeness (QED) is 0.351. The highest BCUT2D eigenvalue weighted by molar-refractivity contribution is 7.89. The molecule has 3 rings (SSSR count). The van der Waals surface area contributed by atoms with Gasteiger partial charge in [0.1, 0.15) is 5.82 Å². The van der Waals surface area contributed by atoms with Gasteiger partial charge in [0.25, 0.3) is 5.91 Å². The number of carbonyl (C=O) groups is 1. The molecule has 0 bridgehead atoms. The molecule has 0 saturated carbocycles. The zero-order valence-electron chi connectivity index (χ0n) is 17.5. The lowest BCUT2D eigenvalue weighted by molar-refractivity contribution is -0.121. The molecule has 3 aromatic carbocycles. The van der Waals surface area contributed by atoms with Crippen molar-refractivity contribution in [1.29, 1.82) is 0 Å². The molecule has 172 valence electrons. The maximum atomic E-state index is 13.3. The topological polar surface area (TPSA) is 78.8 Å². The highest BCUT2D eigenvalue weighted by Gasteiger charge is 2.27. The fourth-order valence-corrected chi connectivity index (χ4v) is 4.69. The van der Waals surface area contributed by atoms with Crippen molar-refractivity contribution < 1.29 is 17.6 Å². The fourth-order valence-electron chi connectivity index (χ4n) is 2.85. The molecular formula is C23H20Cl2FN3O3S. The standard InChI is InChI=1S/C23H20Cl2FN3O3S/c1-16-2-10-21(11-3-16)33(31,32)29(14-18-6-7-19(24)12-22(18)25)15-23(30)28-27-13-17-4-8-20(26)9-5-17/h2-13H,14-15H2,1H3,(H,28,30)/b27-13-. The summed E-state index contributed by atoms with van der Waals surface area (Å²) in [6, 6.07) is 16.5. The predicted molar refractivity (Wildman–Crippen MR) is 127 cm³/mol. The molecule has 0 aliphatic carbocycles. The Morgan fingerprint density at radius 3 is 2.36 bits per heavy atom. The number of hydrazone groups is 1. The number of nitrogens with one attached hydrogen (secondary N) is 1. The Labute approximate surface area is 201 Å². The minimum Gasteiger partial charge on any atom is -0.272 e. The molecule has 3 aromatic rings. The van der Waals surface area contributed by atoms with Gasteiger partial charge in [-0.25, -0.2) is 18.2 Å². The highest BCUT2D eigenvalue weighted by atomic mass is 35.5. The molecule has 0 aliphatic heterocycles. The van der Waals surface area contributed by atoms with Gasteiger partial charge in [0, 0.05) is 16.6 Å². The molecule has 6 nitrogen and oxygen atoms in total. The molecule has 0 saturated heterocycles. The summed E-state index contributed by atoms with van der Waals surface area (Å²) in [7, 11) is -4.03. The zero-order chi connectivity index (χ0) is 24.0. The SMILES string of the molecule is Cc1ccc(S(=O)(=O)N(CC(=O)N/N=C\c2ccc(F)cc2)Cc2ccc(Cl)cc2Cl)cc1. The van der Waals surface area contributed by atoms with Crippen molar-refractivity contribution in [2.24, 2.45) is 5.10 Å². The molecule has 0 spiro atoms. The molecule has 0 aromatic heterocycles. The first-order valence-corrected chi connectivity index (χ1v) is 11.9. The van der Waals surface area contributed by atoms with Crippen LogP contribution in [-0.4, -0.2) is 31.4 Å². The van der Waals surface area contributed by atoms with Gasteiger partial charge in [-0.1, -0.05) is 59.1 Å². The first-order chi connectivity index (χ1) is 15.6. The molecule has 0 aliphatic rings. The Morgan fingerprint density at radius 1 is 1.06 bits per heavy atom. The van der Waals surface area contributed by atoms with Gasteiger partial charge in [0.2, 0.25) is 10.0 Å². The van der Waals surface area contributed by atoms with E-state index in [4.69, 9.17) is 23.2 Å². The number of hydrogen-bond acceptors (Lipinski definition) is 4. The van der Waals surface area contributed by atoms with Crippen LogP contribution in [0.5, 0.6) is 0 Å². The van der Waals surface area contributed by atoms with Gasteiger partial charge < -0.3 is 0 Å². The normalized spacial score (nSPS) is 11.8. The summed E-state index contributed by atoms with van der Waals surface area (Å²) in [4.78, 5) is 12.6. The van der Waals surface area contributed by atoms with E-state index in [2.05, 4.69) is 10.5 Å². The zero-order valence-corrected chi connectivity index (χ0v) is 19.8. The maximum absolute atomic E-state index is 13.3. The number of hydrogen-bond donors (Lipinski definition) is 1. The monoisotopic (exact) mass is 507 g/mol. The van der Waals surface area contributed by atoms with Crippen LogP contribution < -0.4 is 5.43 Å². The Bertz CT molecular complexity index is 1270. The number of carbonyl (C=O) groups excluding carboxylic acids is 1. The molecule has 0 unspecified atom stereocenters. The number of rotatable bonds is 8. The molecule has 1 N–H and O–H groups in total. The number of aryl methyl sites for hydroxylation is 1. The molecule has 0 radical (unpaired) electrons. The van der Waals surface area contributed by atoms with Crippen LogP contribution in [0.25, 0.3) is 0 Å². The number of nitrogens with zero attached hydrogens (tertiary/aromatic N) is 2. The average molecular weight is 508 g/mol. The van der Waals surface area contributed by atoms with Crippen LogP contribution in [0.2, 0.25) is 10.0 Å². The van der Waals surface area contributed by atoms with Gasteiger partial charge in [-0.2, -0.15) is 9.41 Å². The summed E-state index contributed by atoms with van der Waals surface area (Å²) in [5.74, 6) is -1.05. The first-order valence-electron chi connectivity index (χ1n) is 9.73. The van der Waals surface area contributed by atoms with Gasteiger partial charge in [0.05, 0.1) is 17.7 Å². The van der Waals surface area contributed by atoms with E-state index in [9.17, 15) is 17.6 Å². The number of halogens is 3. The fraction of sp³-hybridized carbons (Fsp3) is 0.130. The molecule has 33 heavy (non-hydrogen) atoms. The van der Waals surface area contributed by atoms with Crippen molar-refractivity contribution in [3.05, 3.63) is 99.3 Å². The Balaban J connectivity index is 1.82. The largest absolute Gasteiger partial charge is 0.272 e. The van der Waals surface area contributed by atoms with Crippen molar-refractivity contribution in [3.63, 3.8) is 0 Å². The van der Waals surface area contributed by atoms with Gasteiger partial charge in [-0.05, 0) is 54.4 Å². The van der Waals surface area contributed by atoms with Crippen LogP contribution in [0.1, 0.15) is 16.7 Å². The Morgan fingerprint density at radius 2 is 1.73 bits per heavy atom. The maximum Gasteiger partial charge on any atom is 0.255 e. The Kier molecular flexibility index (Phi) is 8.20. The van der Waals surface area contributed by atoms with Crippen LogP contribution >= 0.6 is 23.2 Å². The van der Waals surface area contributed by atoms with Gasteiger partial charge in [-0.15, -0.1) is 0 Å². The molecule has 0 heterocycles. The lowest BCUT2D eigenvalue weighted by Crippen LogP contribution is -2.39. The van der Waals surface area contributed by atoms with Crippen LogP contribution in [0, 0.1) is 12.7 Å². The van der Waals surface area contributed by atoms with E-state index in [1.165, 1.54) is 48.7 Å². The molecule has 1 amide bonds. The summed E-state index contributed by atoms with van der Waals surface area (Å²) in [5, 5.41) is 4.50. The minimum absolute atomic E-state index is 0.0424. The Hall–Kier alpha value is -2.78.